The third kappa shape index (κ3) is 5.51. The van der Waals surface area contributed by atoms with Crippen molar-refractivity contribution in [3.63, 3.8) is 0 Å². The summed E-state index contributed by atoms with van der Waals surface area (Å²) in [6.45, 7) is 5.43. The fraction of sp³-hybridized carbons (Fsp3) is 0.208. The molecule has 1 N–H and O–H groups in total. The molecule has 148 valence electrons. The van der Waals surface area contributed by atoms with Gasteiger partial charge in [0, 0.05) is 31.4 Å². The molecule has 3 aromatic rings. The van der Waals surface area contributed by atoms with Crippen LogP contribution in [0.15, 0.2) is 72.9 Å². The maximum Gasteiger partial charge on any atom is 0.272 e. The Balaban J connectivity index is 1.68. The highest BCUT2D eigenvalue weighted by Crippen LogP contribution is 2.11. The van der Waals surface area contributed by atoms with E-state index in [0.717, 1.165) is 16.7 Å². The van der Waals surface area contributed by atoms with Gasteiger partial charge in [0.25, 0.3) is 11.8 Å². The summed E-state index contributed by atoms with van der Waals surface area (Å²) in [6.07, 6.45) is 1.51. The Morgan fingerprint density at radius 3 is 2.45 bits per heavy atom. The van der Waals surface area contributed by atoms with Gasteiger partial charge in [-0.15, -0.1) is 0 Å². The molecular weight excluding hydrogens is 362 g/mol. The molecule has 2 aromatic carbocycles. The fourth-order valence-corrected chi connectivity index (χ4v) is 3.09. The highest BCUT2D eigenvalue weighted by molar-refractivity contribution is 5.98. The van der Waals surface area contributed by atoms with Gasteiger partial charge in [-0.1, -0.05) is 60.2 Å². The Hall–Kier alpha value is -3.47. The zero-order valence-electron chi connectivity index (χ0n) is 16.8. The molecule has 0 saturated heterocycles. The van der Waals surface area contributed by atoms with E-state index >= 15 is 0 Å². The van der Waals surface area contributed by atoms with Crippen molar-refractivity contribution in [3.8, 4) is 0 Å². The molecule has 0 unspecified atom stereocenters. The van der Waals surface area contributed by atoms with Gasteiger partial charge in [0.1, 0.15) is 5.69 Å². The van der Waals surface area contributed by atoms with Crippen LogP contribution in [0.5, 0.6) is 0 Å². The van der Waals surface area contributed by atoms with E-state index in [2.05, 4.69) is 10.3 Å². The van der Waals surface area contributed by atoms with Crippen molar-refractivity contribution in [1.82, 2.24) is 15.2 Å². The Labute approximate surface area is 171 Å². The van der Waals surface area contributed by atoms with E-state index in [1.807, 2.05) is 68.4 Å². The summed E-state index contributed by atoms with van der Waals surface area (Å²) in [5.41, 5.74) is 3.92. The number of carbonyl (C=O) groups is 2. The van der Waals surface area contributed by atoms with Crippen LogP contribution in [0.2, 0.25) is 0 Å². The second kappa shape index (κ2) is 9.64. The van der Waals surface area contributed by atoms with Gasteiger partial charge in [0.2, 0.25) is 0 Å². The van der Waals surface area contributed by atoms with Crippen LogP contribution < -0.4 is 5.32 Å². The molecule has 0 aliphatic heterocycles. The van der Waals surface area contributed by atoms with E-state index in [1.165, 1.54) is 6.20 Å². The number of nitrogens with one attached hydrogen (secondary N) is 1. The number of nitrogens with zero attached hydrogens (tertiary/aromatic N) is 2. The summed E-state index contributed by atoms with van der Waals surface area (Å²) in [7, 11) is 0. The largest absolute Gasteiger partial charge is 0.348 e. The van der Waals surface area contributed by atoms with Gasteiger partial charge in [-0.25, -0.2) is 0 Å². The molecule has 2 amide bonds. The summed E-state index contributed by atoms with van der Waals surface area (Å²) in [5, 5.41) is 2.90. The average Bonchev–Trinajstić information content (AvgIpc) is 2.76. The maximum absolute atomic E-state index is 12.9. The summed E-state index contributed by atoms with van der Waals surface area (Å²) < 4.78 is 0. The molecule has 0 aliphatic rings. The zero-order chi connectivity index (χ0) is 20.6. The monoisotopic (exact) mass is 387 g/mol. The van der Waals surface area contributed by atoms with E-state index in [9.17, 15) is 9.59 Å². The number of hydrogen-bond acceptors (Lipinski definition) is 3. The lowest BCUT2D eigenvalue weighted by Crippen LogP contribution is -2.31. The molecular formula is C24H25N3O2. The van der Waals surface area contributed by atoms with Gasteiger partial charge in [-0.3, -0.25) is 14.6 Å². The molecule has 0 atom stereocenters. The number of aryl methyl sites for hydroxylation is 1. The molecule has 5 heteroatoms. The van der Waals surface area contributed by atoms with Crippen LogP contribution in [-0.4, -0.2) is 28.2 Å². The van der Waals surface area contributed by atoms with Crippen LogP contribution in [0.3, 0.4) is 0 Å². The second-order valence-corrected chi connectivity index (χ2v) is 6.91. The minimum Gasteiger partial charge on any atom is -0.348 e. The second-order valence-electron chi connectivity index (χ2n) is 6.91. The first-order valence-corrected chi connectivity index (χ1v) is 9.70. The standard InChI is InChI=1S/C24H25N3O2/c1-3-27(17-19-9-5-4-6-10-19)24(29)22-15-21(12-13-25-22)23(28)26-16-20-11-7-8-18(2)14-20/h4-15H,3,16-17H2,1-2H3,(H,26,28). The average molecular weight is 387 g/mol. The lowest BCUT2D eigenvalue weighted by molar-refractivity contribution is 0.0746. The zero-order valence-corrected chi connectivity index (χ0v) is 16.8. The van der Waals surface area contributed by atoms with Gasteiger partial charge >= 0.3 is 0 Å². The lowest BCUT2D eigenvalue weighted by atomic mass is 10.1. The van der Waals surface area contributed by atoms with E-state index in [-0.39, 0.29) is 17.5 Å². The lowest BCUT2D eigenvalue weighted by Gasteiger charge is -2.20. The van der Waals surface area contributed by atoms with Crippen LogP contribution in [0.4, 0.5) is 0 Å². The van der Waals surface area contributed by atoms with Crippen molar-refractivity contribution in [1.29, 1.82) is 0 Å². The molecule has 0 spiro atoms. The first-order chi connectivity index (χ1) is 14.1. The van der Waals surface area contributed by atoms with Crippen LogP contribution in [0, 0.1) is 6.92 Å². The van der Waals surface area contributed by atoms with Crippen molar-refractivity contribution in [2.75, 3.05) is 6.54 Å². The number of aromatic nitrogens is 1. The van der Waals surface area contributed by atoms with Crippen LogP contribution in [0.25, 0.3) is 0 Å². The Bertz CT molecular complexity index is 986. The number of pyridine rings is 1. The molecule has 0 radical (unpaired) electrons. The van der Waals surface area contributed by atoms with E-state index in [0.29, 0.717) is 25.2 Å². The molecule has 1 heterocycles. The topological polar surface area (TPSA) is 62.3 Å². The van der Waals surface area contributed by atoms with Crippen LogP contribution >= 0.6 is 0 Å². The van der Waals surface area contributed by atoms with E-state index in [4.69, 9.17) is 0 Å². The van der Waals surface area contributed by atoms with Crippen molar-refractivity contribution in [2.45, 2.75) is 26.9 Å². The third-order valence-electron chi connectivity index (χ3n) is 4.66. The van der Waals surface area contributed by atoms with Crippen molar-refractivity contribution in [3.05, 3.63) is 101 Å². The molecule has 0 fully saturated rings. The van der Waals surface area contributed by atoms with Crippen LogP contribution in [0.1, 0.15) is 44.5 Å². The number of hydrogen-bond donors (Lipinski definition) is 1. The highest BCUT2D eigenvalue weighted by atomic mass is 16.2. The van der Waals surface area contributed by atoms with Gasteiger partial charge in [0.15, 0.2) is 0 Å². The smallest absolute Gasteiger partial charge is 0.272 e. The van der Waals surface area contributed by atoms with Crippen molar-refractivity contribution < 1.29 is 9.59 Å². The van der Waals surface area contributed by atoms with Gasteiger partial charge < -0.3 is 10.2 Å². The maximum atomic E-state index is 12.9. The minimum atomic E-state index is -0.228. The number of amides is 2. The minimum absolute atomic E-state index is 0.190. The Morgan fingerprint density at radius 1 is 0.966 bits per heavy atom. The van der Waals surface area contributed by atoms with Crippen molar-refractivity contribution in [2.24, 2.45) is 0 Å². The predicted octanol–water partition coefficient (Wildman–Crippen LogP) is 3.98. The Kier molecular flexibility index (Phi) is 6.74. The highest BCUT2D eigenvalue weighted by Gasteiger charge is 2.17. The quantitative estimate of drug-likeness (QED) is 0.667. The van der Waals surface area contributed by atoms with Crippen molar-refractivity contribution >= 4 is 11.8 Å². The summed E-state index contributed by atoms with van der Waals surface area (Å²) >= 11 is 0. The first kappa shape index (κ1) is 20.3. The third-order valence-corrected chi connectivity index (χ3v) is 4.66. The molecule has 29 heavy (non-hydrogen) atoms. The van der Waals surface area contributed by atoms with Crippen LogP contribution in [-0.2, 0) is 13.1 Å². The molecule has 0 saturated carbocycles. The SMILES string of the molecule is CCN(Cc1ccccc1)C(=O)c1cc(C(=O)NCc2cccc(C)c2)ccn1. The summed E-state index contributed by atoms with van der Waals surface area (Å²) in [4.78, 5) is 31.4. The fourth-order valence-electron chi connectivity index (χ4n) is 3.09. The number of benzene rings is 2. The van der Waals surface area contributed by atoms with Gasteiger partial charge in [-0.2, -0.15) is 0 Å². The normalized spacial score (nSPS) is 10.4. The Morgan fingerprint density at radius 2 is 1.72 bits per heavy atom. The first-order valence-electron chi connectivity index (χ1n) is 9.70. The summed E-state index contributed by atoms with van der Waals surface area (Å²) in [5.74, 6) is -0.418. The van der Waals surface area contributed by atoms with Gasteiger partial charge in [-0.05, 0) is 37.1 Å². The molecule has 5 nitrogen and oxygen atoms in total. The number of rotatable bonds is 7. The molecule has 0 aliphatic carbocycles. The van der Waals surface area contributed by atoms with E-state index in [1.54, 1.807) is 17.0 Å². The van der Waals surface area contributed by atoms with E-state index < -0.39 is 0 Å². The molecule has 1 aromatic heterocycles. The predicted molar refractivity (Wildman–Crippen MR) is 113 cm³/mol. The molecule has 0 bridgehead atoms. The van der Waals surface area contributed by atoms with Gasteiger partial charge in [0.05, 0.1) is 0 Å². The number of carbonyl (C=O) groups excluding carboxylic acids is 2. The molecule has 3 rings (SSSR count). The summed E-state index contributed by atoms with van der Waals surface area (Å²) in [6, 6.07) is 21.0.